The van der Waals surface area contributed by atoms with Crippen LogP contribution in [-0.2, 0) is 9.53 Å². The summed E-state index contributed by atoms with van der Waals surface area (Å²) in [6, 6.07) is 2.03. The van der Waals surface area contributed by atoms with Crippen LogP contribution in [-0.4, -0.2) is 12.6 Å². The van der Waals surface area contributed by atoms with Gasteiger partial charge in [-0.1, -0.05) is 19.4 Å². The maximum Gasteiger partial charge on any atom is 0.330 e. The molecule has 0 spiro atoms. The molecule has 0 aliphatic rings. The number of rotatable bonds is 5. The third-order valence-electron chi connectivity index (χ3n) is 2.44. The molecule has 0 aliphatic heterocycles. The number of hydrogen-bond donors (Lipinski definition) is 0. The number of carbonyl (C=O) groups is 1. The van der Waals surface area contributed by atoms with Crippen LogP contribution < -0.4 is 0 Å². The Kier molecular flexibility index (Phi) is 5.69. The Hall–Kier alpha value is -1.30. The summed E-state index contributed by atoms with van der Waals surface area (Å²) in [5.74, 6) is -0.461. The number of allylic oxidation sites excluding steroid dienone is 1. The highest BCUT2D eigenvalue weighted by molar-refractivity contribution is 5.83. The number of nitrogens with zero attached hydrogens (tertiary/aromatic N) is 1. The van der Waals surface area contributed by atoms with E-state index in [4.69, 9.17) is 10.00 Å². The van der Waals surface area contributed by atoms with E-state index in [1.165, 1.54) is 0 Å². The highest BCUT2D eigenvalue weighted by atomic mass is 16.5. The van der Waals surface area contributed by atoms with Gasteiger partial charge in [-0.25, -0.2) is 4.79 Å². The van der Waals surface area contributed by atoms with E-state index in [0.29, 0.717) is 6.61 Å². The van der Waals surface area contributed by atoms with Crippen LogP contribution >= 0.6 is 0 Å². The van der Waals surface area contributed by atoms with Crippen LogP contribution in [0, 0.1) is 16.7 Å². The fourth-order valence-corrected chi connectivity index (χ4v) is 1.14. The Morgan fingerprint density at radius 3 is 2.53 bits per heavy atom. The summed E-state index contributed by atoms with van der Waals surface area (Å²) in [5, 5.41) is 9.06. The van der Waals surface area contributed by atoms with Crippen molar-refractivity contribution < 1.29 is 9.53 Å². The number of unbranched alkanes of at least 4 members (excludes halogenated alkanes) is 1. The summed E-state index contributed by atoms with van der Waals surface area (Å²) >= 11 is 0. The summed E-state index contributed by atoms with van der Waals surface area (Å²) in [6.07, 6.45) is 3.81. The second-order valence-electron chi connectivity index (χ2n) is 3.63. The fourth-order valence-electron chi connectivity index (χ4n) is 1.14. The van der Waals surface area contributed by atoms with Crippen LogP contribution in [0.1, 0.15) is 40.5 Å². The zero-order valence-corrected chi connectivity index (χ0v) is 9.96. The van der Waals surface area contributed by atoms with Crippen molar-refractivity contribution in [2.75, 3.05) is 6.61 Å². The number of hydrogen-bond acceptors (Lipinski definition) is 3. The highest BCUT2D eigenvalue weighted by Crippen LogP contribution is 2.28. The maximum absolute atomic E-state index is 11.6. The molecular formula is C12H19NO2. The van der Waals surface area contributed by atoms with E-state index in [0.717, 1.165) is 18.4 Å². The van der Waals surface area contributed by atoms with E-state index in [9.17, 15) is 4.79 Å². The van der Waals surface area contributed by atoms with Gasteiger partial charge in [0, 0.05) is 0 Å². The lowest BCUT2D eigenvalue weighted by Gasteiger charge is -2.20. The van der Waals surface area contributed by atoms with Crippen molar-refractivity contribution in [2.24, 2.45) is 5.41 Å². The predicted octanol–water partition coefficient (Wildman–Crippen LogP) is 2.83. The lowest BCUT2D eigenvalue weighted by molar-refractivity contribution is -0.149. The lowest BCUT2D eigenvalue weighted by atomic mass is 9.84. The summed E-state index contributed by atoms with van der Waals surface area (Å²) in [7, 11) is 0. The molecule has 84 valence electrons. The Morgan fingerprint density at radius 1 is 1.53 bits per heavy atom. The summed E-state index contributed by atoms with van der Waals surface area (Å²) in [4.78, 5) is 11.6. The van der Waals surface area contributed by atoms with Gasteiger partial charge in [-0.05, 0) is 32.8 Å². The molecule has 0 saturated carbocycles. The third-order valence-corrected chi connectivity index (χ3v) is 2.44. The van der Waals surface area contributed by atoms with Gasteiger partial charge in [0.15, 0.2) is 5.41 Å². The molecule has 1 atom stereocenters. The van der Waals surface area contributed by atoms with E-state index in [1.807, 2.05) is 12.1 Å². The van der Waals surface area contributed by atoms with Gasteiger partial charge in [-0.3, -0.25) is 0 Å². The van der Waals surface area contributed by atoms with E-state index < -0.39 is 11.4 Å². The second kappa shape index (κ2) is 6.23. The van der Waals surface area contributed by atoms with Gasteiger partial charge in [0.2, 0.25) is 0 Å². The van der Waals surface area contributed by atoms with E-state index in [-0.39, 0.29) is 0 Å². The molecule has 15 heavy (non-hydrogen) atoms. The van der Waals surface area contributed by atoms with Crippen molar-refractivity contribution in [1.82, 2.24) is 0 Å². The van der Waals surface area contributed by atoms with Crippen LogP contribution in [0.25, 0.3) is 0 Å². The predicted molar refractivity (Wildman–Crippen MR) is 59.0 cm³/mol. The average molecular weight is 209 g/mol. The first kappa shape index (κ1) is 13.7. The SMILES string of the molecule is CCCC=C(C)C(C)(C#N)C(=O)OCC. The number of carbonyl (C=O) groups excluding carboxylic acids is 1. The molecule has 1 unspecified atom stereocenters. The molecule has 0 aromatic carbocycles. The first-order valence-corrected chi connectivity index (χ1v) is 5.28. The molecule has 0 N–H and O–H groups in total. The molecule has 0 rings (SSSR count). The topological polar surface area (TPSA) is 50.1 Å². The van der Waals surface area contributed by atoms with Gasteiger partial charge in [-0.2, -0.15) is 5.26 Å². The van der Waals surface area contributed by atoms with Crippen molar-refractivity contribution in [3.8, 4) is 6.07 Å². The molecule has 0 aliphatic carbocycles. The minimum atomic E-state index is -1.13. The fraction of sp³-hybridized carbons (Fsp3) is 0.667. The summed E-state index contributed by atoms with van der Waals surface area (Å²) in [6.45, 7) is 7.50. The third kappa shape index (κ3) is 3.39. The van der Waals surface area contributed by atoms with Crippen molar-refractivity contribution >= 4 is 5.97 Å². The Bertz CT molecular complexity index is 288. The van der Waals surface area contributed by atoms with Crippen LogP contribution in [0.5, 0.6) is 0 Å². The lowest BCUT2D eigenvalue weighted by Crippen LogP contribution is -2.29. The molecule has 0 aromatic rings. The molecular weight excluding hydrogens is 190 g/mol. The smallest absolute Gasteiger partial charge is 0.330 e. The average Bonchev–Trinajstić information content (AvgIpc) is 2.24. The molecule has 3 heteroatoms. The van der Waals surface area contributed by atoms with Gasteiger partial charge in [0.25, 0.3) is 0 Å². The zero-order chi connectivity index (χ0) is 11.9. The highest BCUT2D eigenvalue weighted by Gasteiger charge is 2.36. The van der Waals surface area contributed by atoms with Gasteiger partial charge >= 0.3 is 5.97 Å². The summed E-state index contributed by atoms with van der Waals surface area (Å²) in [5.41, 5.74) is -0.365. The van der Waals surface area contributed by atoms with Gasteiger partial charge < -0.3 is 4.74 Å². The molecule has 0 radical (unpaired) electrons. The maximum atomic E-state index is 11.6. The molecule has 0 bridgehead atoms. The normalized spacial score (nSPS) is 15.3. The Labute approximate surface area is 91.7 Å². The molecule has 0 saturated heterocycles. The summed E-state index contributed by atoms with van der Waals surface area (Å²) < 4.78 is 4.90. The van der Waals surface area contributed by atoms with Crippen LogP contribution in [0.3, 0.4) is 0 Å². The van der Waals surface area contributed by atoms with Gasteiger partial charge in [0.1, 0.15) is 0 Å². The van der Waals surface area contributed by atoms with Gasteiger partial charge in [0.05, 0.1) is 12.7 Å². The standard InChI is InChI=1S/C12H19NO2/c1-5-7-8-10(3)12(4,9-13)11(14)15-6-2/h8H,5-7H2,1-4H3. The Morgan fingerprint density at radius 2 is 2.13 bits per heavy atom. The number of ether oxygens (including phenoxy) is 1. The molecule has 0 fully saturated rings. The van der Waals surface area contributed by atoms with Gasteiger partial charge in [-0.15, -0.1) is 0 Å². The van der Waals surface area contributed by atoms with E-state index in [2.05, 4.69) is 6.92 Å². The van der Waals surface area contributed by atoms with E-state index >= 15 is 0 Å². The molecule has 3 nitrogen and oxygen atoms in total. The largest absolute Gasteiger partial charge is 0.465 e. The van der Waals surface area contributed by atoms with Crippen molar-refractivity contribution in [3.63, 3.8) is 0 Å². The second-order valence-corrected chi connectivity index (χ2v) is 3.63. The monoisotopic (exact) mass is 209 g/mol. The first-order valence-electron chi connectivity index (χ1n) is 5.28. The molecule has 0 heterocycles. The zero-order valence-electron chi connectivity index (χ0n) is 9.96. The van der Waals surface area contributed by atoms with Crippen molar-refractivity contribution in [3.05, 3.63) is 11.6 Å². The molecule has 0 aromatic heterocycles. The Balaban J connectivity index is 4.85. The minimum Gasteiger partial charge on any atom is -0.465 e. The van der Waals surface area contributed by atoms with Crippen molar-refractivity contribution in [2.45, 2.75) is 40.5 Å². The quantitative estimate of drug-likeness (QED) is 0.516. The van der Waals surface area contributed by atoms with Crippen LogP contribution in [0.15, 0.2) is 11.6 Å². The number of esters is 1. The van der Waals surface area contributed by atoms with Crippen molar-refractivity contribution in [1.29, 1.82) is 5.26 Å². The minimum absolute atomic E-state index is 0.303. The van der Waals surface area contributed by atoms with E-state index in [1.54, 1.807) is 20.8 Å². The van der Waals surface area contributed by atoms with Crippen LogP contribution in [0.4, 0.5) is 0 Å². The molecule has 0 amide bonds. The van der Waals surface area contributed by atoms with Crippen LogP contribution in [0.2, 0.25) is 0 Å². The number of nitriles is 1. The first-order chi connectivity index (χ1) is 7.02.